The zero-order valence-electron chi connectivity index (χ0n) is 18.0. The molecular formula is C20H35IN4O3. The van der Waals surface area contributed by atoms with E-state index in [2.05, 4.69) is 34.8 Å². The van der Waals surface area contributed by atoms with Crippen molar-refractivity contribution < 1.29 is 14.3 Å². The Hall–Kier alpha value is -1.71. The van der Waals surface area contributed by atoms with Gasteiger partial charge in [0.2, 0.25) is 0 Å². The maximum Gasteiger partial charge on any atom is 0.407 e. The number of nitrogens with one attached hydrogen (secondary N) is 3. The highest BCUT2D eigenvalue weighted by Crippen LogP contribution is 2.16. The lowest BCUT2D eigenvalue weighted by Crippen LogP contribution is -2.50. The van der Waals surface area contributed by atoms with Crippen LogP contribution >= 0.6 is 24.0 Å². The van der Waals surface area contributed by atoms with Gasteiger partial charge in [0, 0.05) is 25.7 Å². The zero-order valence-corrected chi connectivity index (χ0v) is 20.3. The summed E-state index contributed by atoms with van der Waals surface area (Å²) < 4.78 is 10.7. The second-order valence-corrected chi connectivity index (χ2v) is 7.62. The van der Waals surface area contributed by atoms with Gasteiger partial charge < -0.3 is 25.4 Å². The first-order valence-electron chi connectivity index (χ1n) is 9.22. The van der Waals surface area contributed by atoms with Gasteiger partial charge in [-0.1, -0.05) is 32.0 Å². The molecule has 7 nitrogen and oxygen atoms in total. The largest absolute Gasteiger partial charge is 0.496 e. The molecule has 0 aliphatic rings. The number of nitrogens with zero attached hydrogens (tertiary/aromatic N) is 1. The molecule has 28 heavy (non-hydrogen) atoms. The van der Waals surface area contributed by atoms with Crippen molar-refractivity contribution in [2.75, 3.05) is 20.7 Å². The van der Waals surface area contributed by atoms with Crippen molar-refractivity contribution in [2.24, 2.45) is 10.9 Å². The number of hydrogen-bond acceptors (Lipinski definition) is 4. The Morgan fingerprint density at radius 3 is 2.36 bits per heavy atom. The first kappa shape index (κ1) is 26.3. The number of guanidine groups is 1. The Labute approximate surface area is 186 Å². The van der Waals surface area contributed by atoms with Crippen LogP contribution in [0.15, 0.2) is 29.3 Å². The van der Waals surface area contributed by atoms with Crippen LogP contribution in [-0.2, 0) is 11.3 Å². The fourth-order valence-electron chi connectivity index (χ4n) is 2.37. The number of ether oxygens (including phenoxy) is 2. The summed E-state index contributed by atoms with van der Waals surface area (Å²) in [6, 6.07) is 7.73. The van der Waals surface area contributed by atoms with Crippen molar-refractivity contribution in [1.29, 1.82) is 0 Å². The molecule has 8 heteroatoms. The molecule has 1 unspecified atom stereocenters. The molecule has 0 aromatic heterocycles. The van der Waals surface area contributed by atoms with E-state index in [1.807, 2.05) is 45.0 Å². The molecule has 0 heterocycles. The number of para-hydroxylation sites is 1. The van der Waals surface area contributed by atoms with E-state index in [1.54, 1.807) is 14.2 Å². The van der Waals surface area contributed by atoms with Crippen molar-refractivity contribution in [3.63, 3.8) is 0 Å². The van der Waals surface area contributed by atoms with Gasteiger partial charge in [0.05, 0.1) is 13.2 Å². The number of rotatable bonds is 7. The average Bonchev–Trinajstić information content (AvgIpc) is 2.59. The van der Waals surface area contributed by atoms with Gasteiger partial charge in [-0.15, -0.1) is 24.0 Å². The molecular weight excluding hydrogens is 471 g/mol. The Kier molecular flexibility index (Phi) is 11.9. The molecule has 160 valence electrons. The predicted molar refractivity (Wildman–Crippen MR) is 125 cm³/mol. The van der Waals surface area contributed by atoms with E-state index >= 15 is 0 Å². The van der Waals surface area contributed by atoms with Crippen LogP contribution in [0.3, 0.4) is 0 Å². The molecule has 0 bridgehead atoms. The molecule has 0 fully saturated rings. The zero-order chi connectivity index (χ0) is 20.4. The standard InChI is InChI=1S/C20H34N4O3.HI/c1-14(2)16(24-19(25)27-20(3,4)5)13-23-18(21-6)22-12-15-10-8-9-11-17(15)26-7;/h8-11,14,16H,12-13H2,1-7H3,(H,24,25)(H2,21,22,23);1H. The average molecular weight is 506 g/mol. The number of benzene rings is 1. The summed E-state index contributed by atoms with van der Waals surface area (Å²) in [4.78, 5) is 16.3. The van der Waals surface area contributed by atoms with Crippen molar-refractivity contribution in [1.82, 2.24) is 16.0 Å². The van der Waals surface area contributed by atoms with Crippen molar-refractivity contribution in [3.05, 3.63) is 29.8 Å². The van der Waals surface area contributed by atoms with E-state index in [0.717, 1.165) is 11.3 Å². The molecule has 0 spiro atoms. The van der Waals surface area contributed by atoms with E-state index in [9.17, 15) is 4.79 Å². The van der Waals surface area contributed by atoms with Crippen LogP contribution in [0.2, 0.25) is 0 Å². The van der Waals surface area contributed by atoms with Gasteiger partial charge in [0.25, 0.3) is 0 Å². The quantitative estimate of drug-likeness (QED) is 0.300. The first-order chi connectivity index (χ1) is 12.7. The summed E-state index contributed by atoms with van der Waals surface area (Å²) in [5, 5.41) is 9.43. The molecule has 1 rings (SSSR count). The van der Waals surface area contributed by atoms with Crippen molar-refractivity contribution in [2.45, 2.75) is 52.8 Å². The predicted octanol–water partition coefficient (Wildman–Crippen LogP) is 3.53. The van der Waals surface area contributed by atoms with Crippen LogP contribution in [0.5, 0.6) is 5.75 Å². The Balaban J connectivity index is 0.00000729. The van der Waals surface area contributed by atoms with Gasteiger partial charge in [-0.05, 0) is 32.8 Å². The van der Waals surface area contributed by atoms with Crippen molar-refractivity contribution >= 4 is 36.0 Å². The Bertz CT molecular complexity index is 630. The molecule has 0 aliphatic heterocycles. The first-order valence-corrected chi connectivity index (χ1v) is 9.22. The Morgan fingerprint density at radius 1 is 1.18 bits per heavy atom. The van der Waals surface area contributed by atoms with Gasteiger partial charge in [0.15, 0.2) is 5.96 Å². The number of alkyl carbamates (subject to hydrolysis) is 1. The van der Waals surface area contributed by atoms with Crippen LogP contribution in [0, 0.1) is 5.92 Å². The van der Waals surface area contributed by atoms with Crippen LogP contribution in [0.25, 0.3) is 0 Å². The molecule has 1 aromatic carbocycles. The molecule has 0 saturated carbocycles. The summed E-state index contributed by atoms with van der Waals surface area (Å²) >= 11 is 0. The van der Waals surface area contributed by atoms with Gasteiger partial charge >= 0.3 is 6.09 Å². The number of carbonyl (C=O) groups is 1. The smallest absolute Gasteiger partial charge is 0.407 e. The number of halogens is 1. The lowest BCUT2D eigenvalue weighted by Gasteiger charge is -2.26. The molecule has 1 amide bonds. The minimum atomic E-state index is -0.522. The highest BCUT2D eigenvalue weighted by atomic mass is 127. The number of hydrogen-bond donors (Lipinski definition) is 3. The molecule has 0 aliphatic carbocycles. The summed E-state index contributed by atoms with van der Waals surface area (Å²) in [5.74, 6) is 1.71. The molecule has 1 aromatic rings. The summed E-state index contributed by atoms with van der Waals surface area (Å²) in [6.45, 7) is 10.7. The minimum absolute atomic E-state index is 0. The fourth-order valence-corrected chi connectivity index (χ4v) is 2.37. The van der Waals surface area contributed by atoms with E-state index in [1.165, 1.54) is 0 Å². The van der Waals surface area contributed by atoms with Crippen molar-refractivity contribution in [3.8, 4) is 5.75 Å². The summed E-state index contributed by atoms with van der Waals surface area (Å²) in [6.07, 6.45) is -0.417. The van der Waals surface area contributed by atoms with Crippen LogP contribution in [0.4, 0.5) is 4.79 Å². The number of methoxy groups -OCH3 is 1. The van der Waals surface area contributed by atoms with Gasteiger partial charge in [0.1, 0.15) is 11.4 Å². The Morgan fingerprint density at radius 2 is 1.82 bits per heavy atom. The number of aliphatic imine (C=N–C) groups is 1. The second-order valence-electron chi connectivity index (χ2n) is 7.62. The summed E-state index contributed by atoms with van der Waals surface area (Å²) in [5.41, 5.74) is 0.515. The van der Waals surface area contributed by atoms with Crippen LogP contribution in [0.1, 0.15) is 40.2 Å². The monoisotopic (exact) mass is 506 g/mol. The van der Waals surface area contributed by atoms with E-state index in [0.29, 0.717) is 19.0 Å². The normalized spacial score (nSPS) is 12.6. The SMILES string of the molecule is CN=C(NCc1ccccc1OC)NCC(NC(=O)OC(C)(C)C)C(C)C.I. The maximum absolute atomic E-state index is 12.0. The maximum atomic E-state index is 12.0. The lowest BCUT2D eigenvalue weighted by molar-refractivity contribution is 0.0491. The molecule has 3 N–H and O–H groups in total. The van der Waals surface area contributed by atoms with Crippen LogP contribution < -0.4 is 20.7 Å². The van der Waals surface area contributed by atoms with Gasteiger partial charge in [-0.3, -0.25) is 4.99 Å². The van der Waals surface area contributed by atoms with Crippen LogP contribution in [-0.4, -0.2) is 44.4 Å². The van der Waals surface area contributed by atoms with E-state index < -0.39 is 11.7 Å². The number of carbonyl (C=O) groups excluding carboxylic acids is 1. The van der Waals surface area contributed by atoms with E-state index in [-0.39, 0.29) is 35.9 Å². The molecule has 0 radical (unpaired) electrons. The third-order valence-electron chi connectivity index (χ3n) is 3.86. The highest BCUT2D eigenvalue weighted by Gasteiger charge is 2.21. The molecule has 1 atom stereocenters. The second kappa shape index (κ2) is 12.7. The van der Waals surface area contributed by atoms with E-state index in [4.69, 9.17) is 9.47 Å². The summed E-state index contributed by atoms with van der Waals surface area (Å²) in [7, 11) is 3.37. The highest BCUT2D eigenvalue weighted by molar-refractivity contribution is 14.0. The topological polar surface area (TPSA) is 84.0 Å². The fraction of sp³-hybridized carbons (Fsp3) is 0.600. The van der Waals surface area contributed by atoms with Gasteiger partial charge in [-0.25, -0.2) is 4.79 Å². The minimum Gasteiger partial charge on any atom is -0.496 e. The third kappa shape index (κ3) is 10.0. The lowest BCUT2D eigenvalue weighted by atomic mass is 10.0. The molecule has 0 saturated heterocycles. The van der Waals surface area contributed by atoms with Gasteiger partial charge in [-0.2, -0.15) is 0 Å². The number of amides is 1. The third-order valence-corrected chi connectivity index (χ3v) is 3.86.